The van der Waals surface area contributed by atoms with Gasteiger partial charge in [0.25, 0.3) is 0 Å². The summed E-state index contributed by atoms with van der Waals surface area (Å²) in [6.45, 7) is 9.12. The first-order chi connectivity index (χ1) is 7.63. The van der Waals surface area contributed by atoms with Crippen LogP contribution in [-0.2, 0) is 4.74 Å². The minimum atomic E-state index is -0.290. The van der Waals surface area contributed by atoms with Gasteiger partial charge in [-0.05, 0) is 19.3 Å². The van der Waals surface area contributed by atoms with Crippen molar-refractivity contribution in [2.75, 3.05) is 6.61 Å². The van der Waals surface area contributed by atoms with Gasteiger partial charge in [-0.3, -0.25) is 0 Å². The molecule has 0 rings (SSSR count). The molecule has 1 N–H and O–H groups in total. The summed E-state index contributed by atoms with van der Waals surface area (Å²) in [5.41, 5.74) is 0. The van der Waals surface area contributed by atoms with Gasteiger partial charge in [0.1, 0.15) is 0 Å². The summed E-state index contributed by atoms with van der Waals surface area (Å²) in [5, 5.41) is 10.0. The third kappa shape index (κ3) is 7.24. The molecule has 0 bridgehead atoms. The highest BCUT2D eigenvalue weighted by Crippen LogP contribution is 2.17. The molecule has 98 valence electrons. The molecule has 0 aliphatic heterocycles. The fourth-order valence-electron chi connectivity index (χ4n) is 2.06. The Balaban J connectivity index is 3.69. The van der Waals surface area contributed by atoms with Crippen LogP contribution in [0.15, 0.2) is 0 Å². The highest BCUT2D eigenvalue weighted by molar-refractivity contribution is 4.72. The summed E-state index contributed by atoms with van der Waals surface area (Å²) in [6, 6.07) is 0. The topological polar surface area (TPSA) is 29.5 Å². The molecule has 0 amide bonds. The van der Waals surface area contributed by atoms with E-state index in [-0.39, 0.29) is 12.2 Å². The average molecular weight is 230 g/mol. The average Bonchev–Trinajstić information content (AvgIpc) is 2.24. The number of ether oxygens (including phenoxy) is 1. The summed E-state index contributed by atoms with van der Waals surface area (Å²) >= 11 is 0. The molecule has 0 aromatic rings. The lowest BCUT2D eigenvalue weighted by Gasteiger charge is -2.26. The quantitative estimate of drug-likeness (QED) is 0.579. The van der Waals surface area contributed by atoms with Crippen molar-refractivity contribution in [1.29, 1.82) is 0 Å². The molecule has 0 radical (unpaired) electrons. The second-order valence-electron chi connectivity index (χ2n) is 4.93. The van der Waals surface area contributed by atoms with Crippen LogP contribution < -0.4 is 0 Å². The molecule has 0 aliphatic rings. The zero-order valence-corrected chi connectivity index (χ0v) is 11.5. The summed E-state index contributed by atoms with van der Waals surface area (Å²) in [4.78, 5) is 0. The Kier molecular flexibility index (Phi) is 10.0. The number of rotatable bonds is 10. The minimum Gasteiger partial charge on any atom is -0.390 e. The Morgan fingerprint density at radius 2 is 1.62 bits per heavy atom. The van der Waals surface area contributed by atoms with Crippen molar-refractivity contribution in [3.63, 3.8) is 0 Å². The van der Waals surface area contributed by atoms with Crippen molar-refractivity contribution >= 4 is 0 Å². The third-order valence-corrected chi connectivity index (χ3v) is 3.00. The lowest BCUT2D eigenvalue weighted by molar-refractivity contribution is -0.0603. The fraction of sp³-hybridized carbons (Fsp3) is 1.00. The van der Waals surface area contributed by atoms with E-state index in [4.69, 9.17) is 4.74 Å². The standard InChI is InChI=1S/C14H30O2/c1-5-7-8-9-10-11-13(15)14(12(3)4)16-6-2/h12-15H,5-11H2,1-4H3. The Morgan fingerprint density at radius 3 is 2.12 bits per heavy atom. The molecule has 2 heteroatoms. The van der Waals surface area contributed by atoms with Gasteiger partial charge in [-0.15, -0.1) is 0 Å². The fourth-order valence-corrected chi connectivity index (χ4v) is 2.06. The summed E-state index contributed by atoms with van der Waals surface area (Å²) in [6.07, 6.45) is 6.85. The zero-order valence-electron chi connectivity index (χ0n) is 11.5. The Labute approximate surface area is 101 Å². The first kappa shape index (κ1) is 15.9. The second-order valence-corrected chi connectivity index (χ2v) is 4.93. The largest absolute Gasteiger partial charge is 0.390 e. The van der Waals surface area contributed by atoms with E-state index in [0.717, 1.165) is 12.8 Å². The summed E-state index contributed by atoms with van der Waals surface area (Å²) in [7, 11) is 0. The number of aliphatic hydroxyl groups is 1. The van der Waals surface area contributed by atoms with E-state index in [9.17, 15) is 5.11 Å². The molecule has 0 saturated heterocycles. The molecule has 0 aliphatic carbocycles. The van der Waals surface area contributed by atoms with Gasteiger partial charge >= 0.3 is 0 Å². The molecule has 0 fully saturated rings. The Hall–Kier alpha value is -0.0800. The number of hydrogen-bond donors (Lipinski definition) is 1. The third-order valence-electron chi connectivity index (χ3n) is 3.00. The monoisotopic (exact) mass is 230 g/mol. The molecule has 0 heterocycles. The van der Waals surface area contributed by atoms with Crippen LogP contribution in [0.1, 0.15) is 66.2 Å². The van der Waals surface area contributed by atoms with E-state index in [1.807, 2.05) is 6.92 Å². The maximum absolute atomic E-state index is 10.0. The predicted molar refractivity (Wildman–Crippen MR) is 69.6 cm³/mol. The van der Waals surface area contributed by atoms with Gasteiger partial charge in [0.15, 0.2) is 0 Å². The maximum Gasteiger partial charge on any atom is 0.0856 e. The molecule has 2 atom stereocenters. The van der Waals surface area contributed by atoms with Gasteiger partial charge < -0.3 is 9.84 Å². The lowest BCUT2D eigenvalue weighted by atomic mass is 9.97. The van der Waals surface area contributed by atoms with Gasteiger partial charge in [0, 0.05) is 6.61 Å². The van der Waals surface area contributed by atoms with Crippen LogP contribution in [0.3, 0.4) is 0 Å². The number of hydrogen-bond acceptors (Lipinski definition) is 2. The van der Waals surface area contributed by atoms with E-state index in [0.29, 0.717) is 12.5 Å². The van der Waals surface area contributed by atoms with Crippen LogP contribution in [0.25, 0.3) is 0 Å². The van der Waals surface area contributed by atoms with Gasteiger partial charge in [0.05, 0.1) is 12.2 Å². The normalized spacial score (nSPS) is 15.4. The van der Waals surface area contributed by atoms with Crippen molar-refractivity contribution in [1.82, 2.24) is 0 Å². The SMILES string of the molecule is CCCCCCCC(O)C(OCC)C(C)C. The van der Waals surface area contributed by atoms with Crippen LogP contribution in [0.2, 0.25) is 0 Å². The van der Waals surface area contributed by atoms with Crippen molar-refractivity contribution in [3.8, 4) is 0 Å². The van der Waals surface area contributed by atoms with E-state index in [1.165, 1.54) is 25.7 Å². The van der Waals surface area contributed by atoms with Crippen molar-refractivity contribution in [3.05, 3.63) is 0 Å². The van der Waals surface area contributed by atoms with Crippen molar-refractivity contribution in [2.24, 2.45) is 5.92 Å². The van der Waals surface area contributed by atoms with Gasteiger partial charge in [0.2, 0.25) is 0 Å². The van der Waals surface area contributed by atoms with Crippen LogP contribution in [0.4, 0.5) is 0 Å². The van der Waals surface area contributed by atoms with Crippen molar-refractivity contribution in [2.45, 2.75) is 78.4 Å². The second kappa shape index (κ2) is 10.1. The van der Waals surface area contributed by atoms with Gasteiger partial charge in [-0.2, -0.15) is 0 Å². The van der Waals surface area contributed by atoms with E-state index < -0.39 is 0 Å². The molecule has 0 aromatic carbocycles. The van der Waals surface area contributed by atoms with E-state index >= 15 is 0 Å². The number of aliphatic hydroxyl groups excluding tert-OH is 1. The molecule has 0 spiro atoms. The molecule has 16 heavy (non-hydrogen) atoms. The molecular formula is C14H30O2. The van der Waals surface area contributed by atoms with Crippen molar-refractivity contribution < 1.29 is 9.84 Å². The van der Waals surface area contributed by atoms with Crippen LogP contribution in [-0.4, -0.2) is 23.9 Å². The minimum absolute atomic E-state index is 0.0103. The van der Waals surface area contributed by atoms with E-state index in [2.05, 4.69) is 20.8 Å². The number of unbranched alkanes of at least 4 members (excludes halogenated alkanes) is 4. The van der Waals surface area contributed by atoms with Gasteiger partial charge in [-0.25, -0.2) is 0 Å². The summed E-state index contributed by atoms with van der Waals surface area (Å²) < 4.78 is 5.59. The smallest absolute Gasteiger partial charge is 0.0856 e. The first-order valence-corrected chi connectivity index (χ1v) is 6.93. The molecule has 0 aromatic heterocycles. The van der Waals surface area contributed by atoms with Crippen LogP contribution in [0.5, 0.6) is 0 Å². The molecule has 2 unspecified atom stereocenters. The van der Waals surface area contributed by atoms with Gasteiger partial charge in [-0.1, -0.05) is 52.9 Å². The maximum atomic E-state index is 10.0. The van der Waals surface area contributed by atoms with E-state index in [1.54, 1.807) is 0 Å². The zero-order chi connectivity index (χ0) is 12.4. The van der Waals surface area contributed by atoms with Crippen LogP contribution >= 0.6 is 0 Å². The Bertz CT molecular complexity index is 146. The molecule has 2 nitrogen and oxygen atoms in total. The molecule has 0 saturated carbocycles. The highest BCUT2D eigenvalue weighted by Gasteiger charge is 2.22. The lowest BCUT2D eigenvalue weighted by Crippen LogP contribution is -2.33. The first-order valence-electron chi connectivity index (χ1n) is 6.93. The highest BCUT2D eigenvalue weighted by atomic mass is 16.5. The predicted octanol–water partition coefficient (Wildman–Crippen LogP) is 3.77. The summed E-state index contributed by atoms with van der Waals surface area (Å²) in [5.74, 6) is 0.394. The van der Waals surface area contributed by atoms with Crippen LogP contribution in [0, 0.1) is 5.92 Å². The molecular weight excluding hydrogens is 200 g/mol. The Morgan fingerprint density at radius 1 is 1.00 bits per heavy atom.